The van der Waals surface area contributed by atoms with Crippen molar-refractivity contribution < 1.29 is 60.7 Å². The van der Waals surface area contributed by atoms with Crippen LogP contribution in [0.3, 0.4) is 0 Å². The lowest BCUT2D eigenvalue weighted by Crippen LogP contribution is -2.41. The topological polar surface area (TPSA) is 202 Å². The van der Waals surface area contributed by atoms with Crippen molar-refractivity contribution >= 4 is 129 Å². The van der Waals surface area contributed by atoms with E-state index in [4.69, 9.17) is 39.6 Å². The van der Waals surface area contributed by atoms with Crippen molar-refractivity contribution in [1.82, 2.24) is 29.1 Å². The van der Waals surface area contributed by atoms with Crippen LogP contribution in [0.1, 0.15) is 37.8 Å². The Hall–Kier alpha value is -6.95. The normalized spacial score (nSPS) is 15.2. The summed E-state index contributed by atoms with van der Waals surface area (Å²) in [4.78, 5) is 40.8. The van der Waals surface area contributed by atoms with Crippen LogP contribution in [0.15, 0.2) is 116 Å². The average molecular weight is 1260 g/mol. The van der Waals surface area contributed by atoms with Gasteiger partial charge in [-0.1, -0.05) is 23.2 Å². The van der Waals surface area contributed by atoms with E-state index in [9.17, 15) is 61.5 Å². The molecular formula is C50H29Cl3F10N8O6S4. The molecule has 2 aliphatic rings. The molecule has 0 amide bonds. The van der Waals surface area contributed by atoms with Gasteiger partial charge in [0.05, 0.1) is 76.1 Å². The zero-order valence-corrected chi connectivity index (χ0v) is 45.5. The smallest absolute Gasteiger partial charge is 0.264 e. The third-order valence-electron chi connectivity index (χ3n) is 13.0. The molecule has 4 aromatic carbocycles. The monoisotopic (exact) mass is 1260 g/mol. The number of rotatable bonds is 8. The van der Waals surface area contributed by atoms with Crippen LogP contribution >= 0.6 is 56.6 Å². The largest absolute Gasteiger partial charge is 0.396 e. The standard InChI is InChI=1S/C25H14ClF5N4O3S2.C18H12ClF4N3O.C7H3ClFNO2S2/c26-21-5-18-11(9-32-21)3-13(24(36)35(18)12-7-25(30,31)8-12)22-14(27)1-2-16(23(22)29)34-40(37,38)20-6-19-17(4-15(20)28)33-10-39-19;19-14-4-13-8(7-25-14)3-10(15-11(20)1-2-12(24)16(15)21)17(27)26(13)9-5-18(22,23)6-9;8-14(11,12)7-2-6-5(1-4(7)9)10-3-13-6/h1-6,9-10,12,34H,7-8H2;1-4,7,9H,5-6,24H2;1-3H. The molecule has 81 heavy (non-hydrogen) atoms. The lowest BCUT2D eigenvalue weighted by Gasteiger charge is -2.37. The first kappa shape index (κ1) is 57.3. The summed E-state index contributed by atoms with van der Waals surface area (Å²) in [6.07, 6.45) is 0.0863. The van der Waals surface area contributed by atoms with Crippen molar-refractivity contribution in [2.75, 3.05) is 10.5 Å². The molecule has 2 fully saturated rings. The maximum atomic E-state index is 15.8. The minimum absolute atomic E-state index is 0.0306. The van der Waals surface area contributed by atoms with Crippen LogP contribution in [0.25, 0.3) is 64.5 Å². The van der Waals surface area contributed by atoms with Crippen LogP contribution in [0, 0.1) is 34.9 Å². The van der Waals surface area contributed by atoms with Crippen molar-refractivity contribution in [3.05, 3.63) is 162 Å². The zero-order valence-electron chi connectivity index (χ0n) is 40.0. The predicted octanol–water partition coefficient (Wildman–Crippen LogP) is 13.4. The summed E-state index contributed by atoms with van der Waals surface area (Å²) in [6.45, 7) is 0. The fourth-order valence-corrected chi connectivity index (χ4v) is 13.0. The maximum Gasteiger partial charge on any atom is 0.264 e. The van der Waals surface area contributed by atoms with Gasteiger partial charge in [-0.15, -0.1) is 22.7 Å². The Kier molecular flexibility index (Phi) is 14.9. The molecule has 2 aliphatic carbocycles. The minimum atomic E-state index is -4.73. The highest BCUT2D eigenvalue weighted by molar-refractivity contribution is 8.13. The lowest BCUT2D eigenvalue weighted by atomic mass is 9.87. The first-order chi connectivity index (χ1) is 38.0. The van der Waals surface area contributed by atoms with Crippen LogP contribution in [0.4, 0.5) is 55.3 Å². The highest BCUT2D eigenvalue weighted by atomic mass is 35.7. The molecule has 2 saturated carbocycles. The Morgan fingerprint density at radius 3 is 1.47 bits per heavy atom. The van der Waals surface area contributed by atoms with Crippen LogP contribution in [-0.2, 0) is 19.1 Å². The van der Waals surface area contributed by atoms with Crippen molar-refractivity contribution in [2.45, 2.75) is 59.4 Å². The van der Waals surface area contributed by atoms with Gasteiger partial charge in [0.15, 0.2) is 11.6 Å². The second-order valence-corrected chi connectivity index (χ2v) is 25.0. The summed E-state index contributed by atoms with van der Waals surface area (Å²) < 4.78 is 195. The maximum absolute atomic E-state index is 15.8. The number of benzene rings is 4. The number of halogens is 13. The molecule has 10 aromatic rings. The number of nitrogen functional groups attached to an aromatic ring is 1. The van der Waals surface area contributed by atoms with Crippen LogP contribution in [-0.4, -0.2) is 57.8 Å². The number of thiazole rings is 2. The van der Waals surface area contributed by atoms with E-state index in [2.05, 4.69) is 19.9 Å². The van der Waals surface area contributed by atoms with E-state index in [0.29, 0.717) is 20.3 Å². The minimum Gasteiger partial charge on any atom is -0.396 e. The number of hydrogen-bond acceptors (Lipinski definition) is 13. The van der Waals surface area contributed by atoms with Gasteiger partial charge in [-0.25, -0.2) is 80.7 Å². The van der Waals surface area contributed by atoms with E-state index in [0.717, 1.165) is 69.0 Å². The molecule has 0 aliphatic heterocycles. The van der Waals surface area contributed by atoms with E-state index >= 15 is 8.78 Å². The number of pyridine rings is 4. The molecule has 6 aromatic heterocycles. The number of nitrogens with zero attached hydrogens (tertiary/aromatic N) is 6. The van der Waals surface area contributed by atoms with Gasteiger partial charge in [0.25, 0.3) is 42.0 Å². The first-order valence-electron chi connectivity index (χ1n) is 22.9. The lowest BCUT2D eigenvalue weighted by molar-refractivity contribution is -0.104. The number of anilines is 2. The molecule has 3 N–H and O–H groups in total. The van der Waals surface area contributed by atoms with Gasteiger partial charge in [0.1, 0.15) is 43.4 Å². The van der Waals surface area contributed by atoms with Gasteiger partial charge in [-0.3, -0.25) is 14.3 Å². The summed E-state index contributed by atoms with van der Waals surface area (Å²) in [7, 11) is -3.71. The molecular weight excluding hydrogens is 1230 g/mol. The number of nitrogens with one attached hydrogen (secondary N) is 1. The van der Waals surface area contributed by atoms with Gasteiger partial charge in [-0.05, 0) is 60.7 Å². The number of sulfonamides is 1. The first-order valence-corrected chi connectivity index (χ1v) is 29.2. The molecule has 0 unspecified atom stereocenters. The Bertz CT molecular complexity index is 4610. The molecule has 420 valence electrons. The van der Waals surface area contributed by atoms with Crippen molar-refractivity contribution in [1.29, 1.82) is 0 Å². The van der Waals surface area contributed by atoms with E-state index in [1.165, 1.54) is 59.0 Å². The SMILES string of the molecule is Nc1ccc(F)c(-c2cc3cnc(Cl)cc3n(C3CC(F)(F)C3)c2=O)c1F.O=S(=O)(Cl)c1cc2scnc2cc1F.O=c1c(-c2c(F)ccc(NS(=O)(=O)c3cc4scnc4cc3F)c2F)cc2cnc(Cl)cc2n1C1CC(F)(F)C1. The highest BCUT2D eigenvalue weighted by Gasteiger charge is 2.48. The number of fused-ring (bicyclic) bond motifs is 4. The van der Waals surface area contributed by atoms with E-state index < -0.39 is 147 Å². The van der Waals surface area contributed by atoms with Crippen molar-refractivity contribution in [3.8, 4) is 22.3 Å². The second-order valence-electron chi connectivity index (χ2n) is 18.3. The summed E-state index contributed by atoms with van der Waals surface area (Å²) in [5.41, 5.74) is 4.21. The molecule has 31 heteroatoms. The van der Waals surface area contributed by atoms with Crippen molar-refractivity contribution in [2.24, 2.45) is 0 Å². The number of aromatic nitrogens is 6. The Morgan fingerprint density at radius 2 is 1.01 bits per heavy atom. The quantitative estimate of drug-likeness (QED) is 0.0634. The van der Waals surface area contributed by atoms with Gasteiger partial charge in [0, 0.05) is 83.7 Å². The molecule has 0 saturated heterocycles. The second kappa shape index (κ2) is 21.1. The molecule has 6 heterocycles. The summed E-state index contributed by atoms with van der Waals surface area (Å²) in [5.74, 6) is -12.7. The van der Waals surface area contributed by atoms with Gasteiger partial charge in [-0.2, -0.15) is 0 Å². The van der Waals surface area contributed by atoms with E-state index in [-0.39, 0.29) is 43.5 Å². The van der Waals surface area contributed by atoms with Gasteiger partial charge >= 0.3 is 0 Å². The predicted molar refractivity (Wildman–Crippen MR) is 287 cm³/mol. The summed E-state index contributed by atoms with van der Waals surface area (Å²) in [5, 5.41) is 0.553. The fraction of sp³-hybridized carbons (Fsp3) is 0.160. The van der Waals surface area contributed by atoms with E-state index in [1.54, 1.807) is 0 Å². The van der Waals surface area contributed by atoms with Crippen molar-refractivity contribution in [3.63, 3.8) is 0 Å². The number of nitrogens with two attached hydrogens (primary N) is 1. The summed E-state index contributed by atoms with van der Waals surface area (Å²) in [6, 6.07) is 10.9. The number of alkyl halides is 4. The van der Waals surface area contributed by atoms with Crippen LogP contribution in [0.2, 0.25) is 10.3 Å². The Labute approximate surface area is 470 Å². The van der Waals surface area contributed by atoms with Crippen LogP contribution < -0.4 is 21.6 Å². The third-order valence-corrected chi connectivity index (χ3v) is 17.7. The fourth-order valence-electron chi connectivity index (χ4n) is 9.13. The average Bonchev–Trinajstić information content (AvgIpc) is 4.18. The molecule has 0 spiro atoms. The van der Waals surface area contributed by atoms with E-state index in [1.807, 2.05) is 4.72 Å². The zero-order chi connectivity index (χ0) is 58.4. The Balaban J connectivity index is 0.000000154. The molecule has 0 bridgehead atoms. The molecule has 14 nitrogen and oxygen atoms in total. The third kappa shape index (κ3) is 11.1. The highest BCUT2D eigenvalue weighted by Crippen LogP contribution is 2.48. The Morgan fingerprint density at radius 1 is 0.580 bits per heavy atom. The van der Waals surface area contributed by atoms with Gasteiger partial charge in [0.2, 0.25) is 0 Å². The van der Waals surface area contributed by atoms with Gasteiger partial charge < -0.3 is 14.9 Å². The summed E-state index contributed by atoms with van der Waals surface area (Å²) >= 11 is 14.1. The number of hydrogen-bond donors (Lipinski definition) is 2. The molecule has 0 atom stereocenters. The molecule has 0 radical (unpaired) electrons. The molecule has 12 rings (SSSR count). The van der Waals surface area contributed by atoms with Crippen LogP contribution in [0.5, 0.6) is 0 Å².